The number of urea groups is 1. The summed E-state index contributed by atoms with van der Waals surface area (Å²) in [6.07, 6.45) is 6.20. The van der Waals surface area contributed by atoms with E-state index in [0.29, 0.717) is 32.2 Å². The van der Waals surface area contributed by atoms with Crippen molar-refractivity contribution in [2.24, 2.45) is 5.92 Å². The van der Waals surface area contributed by atoms with Gasteiger partial charge in [0.1, 0.15) is 0 Å². The number of carbonyl (C=O) groups is 1. The fraction of sp³-hybridized carbons (Fsp3) is 0.938. The molecule has 0 radical (unpaired) electrons. The second-order valence-electron chi connectivity index (χ2n) is 6.16. The van der Waals surface area contributed by atoms with Crippen LogP contribution in [-0.4, -0.2) is 67.7 Å². The smallest absolute Gasteiger partial charge is 0.317 e. The van der Waals surface area contributed by atoms with Crippen LogP contribution >= 0.6 is 0 Å². The first-order valence-electron chi connectivity index (χ1n) is 8.61. The van der Waals surface area contributed by atoms with Gasteiger partial charge in [0.25, 0.3) is 0 Å². The van der Waals surface area contributed by atoms with E-state index in [0.717, 1.165) is 13.0 Å². The van der Waals surface area contributed by atoms with Gasteiger partial charge in [0.05, 0.1) is 32.0 Å². The van der Waals surface area contributed by atoms with Gasteiger partial charge in [-0.15, -0.1) is 0 Å². The maximum Gasteiger partial charge on any atom is 0.317 e. The Labute approximate surface area is 133 Å². The number of amides is 2. The Morgan fingerprint density at radius 3 is 2.91 bits per heavy atom. The lowest BCUT2D eigenvalue weighted by atomic mass is 9.98. The van der Waals surface area contributed by atoms with Crippen LogP contribution in [0.15, 0.2) is 0 Å². The number of carbonyl (C=O) groups excluding carboxylic acids is 1. The molecule has 0 aromatic rings. The van der Waals surface area contributed by atoms with E-state index < -0.39 is 0 Å². The minimum absolute atomic E-state index is 0.0585. The first kappa shape index (κ1) is 17.5. The fourth-order valence-corrected chi connectivity index (χ4v) is 3.49. The molecule has 1 aliphatic heterocycles. The number of aliphatic hydroxyl groups is 1. The molecule has 1 aliphatic carbocycles. The Balaban J connectivity index is 1.74. The summed E-state index contributed by atoms with van der Waals surface area (Å²) < 4.78 is 11.2. The molecule has 2 atom stereocenters. The Bertz CT molecular complexity index is 334. The molecule has 0 aromatic heterocycles. The molecule has 1 saturated heterocycles. The molecule has 2 rings (SSSR count). The Hall–Kier alpha value is -0.850. The predicted octanol–water partition coefficient (Wildman–Crippen LogP) is 1.37. The first-order chi connectivity index (χ1) is 10.8. The second kappa shape index (κ2) is 9.33. The van der Waals surface area contributed by atoms with Crippen molar-refractivity contribution < 1.29 is 19.4 Å². The molecule has 1 heterocycles. The number of ether oxygens (including phenoxy) is 2. The number of hydrogen-bond acceptors (Lipinski definition) is 4. The summed E-state index contributed by atoms with van der Waals surface area (Å²) in [5.41, 5.74) is 0. The van der Waals surface area contributed by atoms with Crippen molar-refractivity contribution in [3.63, 3.8) is 0 Å². The van der Waals surface area contributed by atoms with Gasteiger partial charge in [0.2, 0.25) is 0 Å². The molecule has 2 amide bonds. The first-order valence-corrected chi connectivity index (χ1v) is 8.61. The third-order valence-electron chi connectivity index (χ3n) is 4.71. The quantitative estimate of drug-likeness (QED) is 0.745. The van der Waals surface area contributed by atoms with Crippen LogP contribution in [0.2, 0.25) is 0 Å². The van der Waals surface area contributed by atoms with Gasteiger partial charge in [-0.05, 0) is 32.1 Å². The zero-order chi connectivity index (χ0) is 15.8. The van der Waals surface area contributed by atoms with Crippen LogP contribution in [0.25, 0.3) is 0 Å². The highest BCUT2D eigenvalue weighted by Gasteiger charge is 2.28. The van der Waals surface area contributed by atoms with Crippen LogP contribution in [0.3, 0.4) is 0 Å². The average Bonchev–Trinajstić information content (AvgIpc) is 3.08. The molecule has 2 fully saturated rings. The molecule has 1 unspecified atom stereocenters. The molecule has 2 N–H and O–H groups in total. The minimum Gasteiger partial charge on any atom is -0.394 e. The molecule has 6 nitrogen and oxygen atoms in total. The van der Waals surface area contributed by atoms with Crippen LogP contribution in [0.1, 0.15) is 39.0 Å². The molecule has 1 saturated carbocycles. The van der Waals surface area contributed by atoms with Crippen LogP contribution in [0.5, 0.6) is 0 Å². The fourth-order valence-electron chi connectivity index (χ4n) is 3.49. The van der Waals surface area contributed by atoms with E-state index in [-0.39, 0.29) is 24.8 Å². The van der Waals surface area contributed by atoms with Crippen molar-refractivity contribution >= 4 is 6.03 Å². The zero-order valence-electron chi connectivity index (χ0n) is 13.6. The van der Waals surface area contributed by atoms with Crippen LogP contribution < -0.4 is 5.32 Å². The molecule has 0 spiro atoms. The summed E-state index contributed by atoms with van der Waals surface area (Å²) in [7, 11) is 0. The highest BCUT2D eigenvalue weighted by Crippen LogP contribution is 2.30. The third kappa shape index (κ3) is 4.83. The van der Waals surface area contributed by atoms with Crippen molar-refractivity contribution in [1.29, 1.82) is 0 Å². The highest BCUT2D eigenvalue weighted by atomic mass is 16.5. The van der Waals surface area contributed by atoms with Crippen LogP contribution in [0.4, 0.5) is 4.79 Å². The minimum atomic E-state index is -0.230. The van der Waals surface area contributed by atoms with Crippen LogP contribution in [0, 0.1) is 5.92 Å². The topological polar surface area (TPSA) is 71.0 Å². The number of hydrogen-bond donors (Lipinski definition) is 2. The monoisotopic (exact) mass is 314 g/mol. The number of morpholine rings is 1. The van der Waals surface area contributed by atoms with E-state index >= 15 is 0 Å². The maximum absolute atomic E-state index is 12.2. The summed E-state index contributed by atoms with van der Waals surface area (Å²) in [6.45, 7) is 4.80. The molecule has 2 aliphatic rings. The number of rotatable bonds is 7. The SMILES string of the molecule is CCOC(CCNC(=O)N1CCOC[C@H]1CO)C1CCCC1. The van der Waals surface area contributed by atoms with Gasteiger partial charge in [-0.25, -0.2) is 4.79 Å². The van der Waals surface area contributed by atoms with E-state index in [1.54, 1.807) is 4.90 Å². The normalized spacial score (nSPS) is 24.5. The zero-order valence-corrected chi connectivity index (χ0v) is 13.6. The van der Waals surface area contributed by atoms with Gasteiger partial charge >= 0.3 is 6.03 Å². The molecule has 0 bridgehead atoms. The van der Waals surface area contributed by atoms with E-state index in [1.165, 1.54) is 25.7 Å². The van der Waals surface area contributed by atoms with Crippen molar-refractivity contribution in [3.05, 3.63) is 0 Å². The van der Waals surface area contributed by atoms with Crippen molar-refractivity contribution in [2.75, 3.05) is 39.5 Å². The van der Waals surface area contributed by atoms with Gasteiger partial charge in [0.15, 0.2) is 0 Å². The highest BCUT2D eigenvalue weighted by molar-refractivity contribution is 5.74. The molecule has 128 valence electrons. The van der Waals surface area contributed by atoms with E-state index in [1.807, 2.05) is 6.92 Å². The molecular weight excluding hydrogens is 284 g/mol. The van der Waals surface area contributed by atoms with Gasteiger partial charge in [-0.1, -0.05) is 12.8 Å². The van der Waals surface area contributed by atoms with E-state index in [9.17, 15) is 9.90 Å². The van der Waals surface area contributed by atoms with Gasteiger partial charge in [0, 0.05) is 19.7 Å². The Morgan fingerprint density at radius 1 is 1.45 bits per heavy atom. The van der Waals surface area contributed by atoms with Crippen molar-refractivity contribution in [1.82, 2.24) is 10.2 Å². The molecular formula is C16H30N2O4. The molecule has 0 aromatic carbocycles. The number of nitrogens with one attached hydrogen (secondary N) is 1. The molecule has 22 heavy (non-hydrogen) atoms. The summed E-state index contributed by atoms with van der Waals surface area (Å²) >= 11 is 0. The lowest BCUT2D eigenvalue weighted by Crippen LogP contribution is -2.54. The van der Waals surface area contributed by atoms with Crippen molar-refractivity contribution in [3.8, 4) is 0 Å². The summed E-state index contributed by atoms with van der Waals surface area (Å²) in [5, 5.41) is 12.3. The lowest BCUT2D eigenvalue weighted by Gasteiger charge is -2.34. The Kier molecular flexibility index (Phi) is 7.42. The standard InChI is InChI=1S/C16H30N2O4/c1-2-22-15(13-5-3-4-6-13)7-8-17-16(20)18-9-10-21-12-14(18)11-19/h13-15,19H,2-12H2,1H3,(H,17,20)/t14-,15?/m1/s1. The summed E-state index contributed by atoms with van der Waals surface area (Å²) in [4.78, 5) is 13.9. The van der Waals surface area contributed by atoms with E-state index in [4.69, 9.17) is 9.47 Å². The number of nitrogens with zero attached hydrogens (tertiary/aromatic N) is 1. The summed E-state index contributed by atoms with van der Waals surface area (Å²) in [5.74, 6) is 0.644. The maximum atomic E-state index is 12.2. The lowest BCUT2D eigenvalue weighted by molar-refractivity contribution is -0.00855. The predicted molar refractivity (Wildman–Crippen MR) is 83.8 cm³/mol. The molecule has 6 heteroatoms. The van der Waals surface area contributed by atoms with E-state index in [2.05, 4.69) is 5.32 Å². The number of aliphatic hydroxyl groups excluding tert-OH is 1. The van der Waals surface area contributed by atoms with Gasteiger partial charge in [-0.2, -0.15) is 0 Å². The average molecular weight is 314 g/mol. The van der Waals surface area contributed by atoms with Gasteiger partial charge < -0.3 is 24.8 Å². The Morgan fingerprint density at radius 2 is 2.23 bits per heavy atom. The third-order valence-corrected chi connectivity index (χ3v) is 4.71. The van der Waals surface area contributed by atoms with Crippen molar-refractivity contribution in [2.45, 2.75) is 51.2 Å². The summed E-state index contributed by atoms with van der Waals surface area (Å²) in [6, 6.07) is -0.338. The second-order valence-corrected chi connectivity index (χ2v) is 6.16. The van der Waals surface area contributed by atoms with Crippen LogP contribution in [-0.2, 0) is 9.47 Å². The van der Waals surface area contributed by atoms with Gasteiger partial charge in [-0.3, -0.25) is 0 Å². The largest absolute Gasteiger partial charge is 0.394 e.